The minimum Gasteiger partial charge on any atom is -0.378 e. The summed E-state index contributed by atoms with van der Waals surface area (Å²) in [5.74, 6) is 0.776. The fraction of sp³-hybridized carbons (Fsp3) is 0.318. The van der Waals surface area contributed by atoms with Crippen LogP contribution in [0.2, 0.25) is 0 Å². The van der Waals surface area contributed by atoms with E-state index >= 15 is 0 Å². The number of carbonyl (C=O) groups excluding carboxylic acids is 1. The number of hydrogen-bond acceptors (Lipinski definition) is 5. The first-order valence-corrected chi connectivity index (χ1v) is 9.78. The fourth-order valence-corrected chi connectivity index (χ4v) is 3.56. The van der Waals surface area contributed by atoms with Crippen molar-refractivity contribution in [2.24, 2.45) is 0 Å². The van der Waals surface area contributed by atoms with Crippen LogP contribution in [-0.4, -0.2) is 42.2 Å². The Morgan fingerprint density at radius 2 is 1.97 bits per heavy atom. The van der Waals surface area contributed by atoms with Gasteiger partial charge in [-0.05, 0) is 41.8 Å². The number of morpholine rings is 1. The first kappa shape index (κ1) is 19.1. The van der Waals surface area contributed by atoms with Crippen molar-refractivity contribution in [3.05, 3.63) is 64.1 Å². The van der Waals surface area contributed by atoms with E-state index in [-0.39, 0.29) is 17.4 Å². The van der Waals surface area contributed by atoms with Gasteiger partial charge in [0.1, 0.15) is 5.82 Å². The molecule has 1 saturated heterocycles. The van der Waals surface area contributed by atoms with Gasteiger partial charge in [0.15, 0.2) is 0 Å². The molecule has 0 atom stereocenters. The standard InChI is InChI=1S/C22H24N4O3/c1-14(2)17-13-21(27)25-19-4-3-16(12-18(17)19)24-22(28)15-5-6-23-20(11-15)26-7-9-29-10-8-26/h3-6,11-14H,7-10H2,1-2H3,(H,24,28)(H,25,27). The van der Waals surface area contributed by atoms with Crippen molar-refractivity contribution in [3.8, 4) is 0 Å². The molecule has 0 radical (unpaired) electrons. The van der Waals surface area contributed by atoms with Crippen LogP contribution in [0.15, 0.2) is 47.4 Å². The van der Waals surface area contributed by atoms with Crippen LogP contribution >= 0.6 is 0 Å². The first-order valence-electron chi connectivity index (χ1n) is 9.78. The molecular weight excluding hydrogens is 368 g/mol. The predicted octanol–water partition coefficient (Wildman–Crippen LogP) is 3.14. The Hall–Kier alpha value is -3.19. The number of hydrogen-bond donors (Lipinski definition) is 2. The highest BCUT2D eigenvalue weighted by Gasteiger charge is 2.15. The molecule has 0 aliphatic carbocycles. The van der Waals surface area contributed by atoms with Crippen molar-refractivity contribution in [1.82, 2.24) is 9.97 Å². The zero-order chi connectivity index (χ0) is 20.4. The molecule has 2 aromatic heterocycles. The van der Waals surface area contributed by atoms with Gasteiger partial charge >= 0.3 is 0 Å². The topological polar surface area (TPSA) is 87.3 Å². The van der Waals surface area contributed by atoms with Gasteiger partial charge in [-0.1, -0.05) is 13.8 Å². The number of H-pyrrole nitrogens is 1. The number of ether oxygens (including phenoxy) is 1. The summed E-state index contributed by atoms with van der Waals surface area (Å²) in [5, 5.41) is 3.89. The molecule has 3 aromatic rings. The fourth-order valence-electron chi connectivity index (χ4n) is 3.56. The van der Waals surface area contributed by atoms with E-state index in [2.05, 4.69) is 20.2 Å². The number of carbonyl (C=O) groups is 1. The Balaban J connectivity index is 1.60. The molecule has 2 N–H and O–H groups in total. The summed E-state index contributed by atoms with van der Waals surface area (Å²) in [6.07, 6.45) is 1.65. The lowest BCUT2D eigenvalue weighted by molar-refractivity contribution is 0.102. The number of pyridine rings is 2. The predicted molar refractivity (Wildman–Crippen MR) is 114 cm³/mol. The van der Waals surface area contributed by atoms with Gasteiger partial charge in [0.05, 0.1) is 13.2 Å². The van der Waals surface area contributed by atoms with E-state index in [0.29, 0.717) is 24.5 Å². The smallest absolute Gasteiger partial charge is 0.255 e. The van der Waals surface area contributed by atoms with Crippen molar-refractivity contribution in [1.29, 1.82) is 0 Å². The van der Waals surface area contributed by atoms with Gasteiger partial charge < -0.3 is 19.9 Å². The van der Waals surface area contributed by atoms with Crippen LogP contribution in [0, 0.1) is 0 Å². The zero-order valence-electron chi connectivity index (χ0n) is 16.6. The van der Waals surface area contributed by atoms with Crippen molar-refractivity contribution in [2.45, 2.75) is 19.8 Å². The van der Waals surface area contributed by atoms with E-state index in [1.807, 2.05) is 26.0 Å². The Morgan fingerprint density at radius 3 is 2.72 bits per heavy atom. The normalized spacial score (nSPS) is 14.4. The highest BCUT2D eigenvalue weighted by atomic mass is 16.5. The minimum absolute atomic E-state index is 0.120. The largest absolute Gasteiger partial charge is 0.378 e. The van der Waals surface area contributed by atoms with E-state index in [9.17, 15) is 9.59 Å². The maximum absolute atomic E-state index is 12.8. The number of nitrogens with one attached hydrogen (secondary N) is 2. The SMILES string of the molecule is CC(C)c1cc(=O)[nH]c2ccc(NC(=O)c3ccnc(N4CCOCC4)c3)cc12. The van der Waals surface area contributed by atoms with Gasteiger partial charge in [-0.15, -0.1) is 0 Å². The second kappa shape index (κ2) is 8.05. The molecule has 1 aliphatic heterocycles. The van der Waals surface area contributed by atoms with E-state index < -0.39 is 0 Å². The van der Waals surface area contributed by atoms with Crippen LogP contribution in [-0.2, 0) is 4.74 Å². The summed E-state index contributed by atoms with van der Waals surface area (Å²) in [5.41, 5.74) is 2.83. The summed E-state index contributed by atoms with van der Waals surface area (Å²) in [4.78, 5) is 34.0. The van der Waals surface area contributed by atoms with E-state index in [0.717, 1.165) is 35.4 Å². The number of fused-ring (bicyclic) bond motifs is 1. The molecule has 29 heavy (non-hydrogen) atoms. The number of benzene rings is 1. The Kier molecular flexibility index (Phi) is 5.31. The number of aromatic nitrogens is 2. The van der Waals surface area contributed by atoms with Crippen LogP contribution in [0.4, 0.5) is 11.5 Å². The van der Waals surface area contributed by atoms with E-state index in [1.54, 1.807) is 30.5 Å². The second-order valence-corrected chi connectivity index (χ2v) is 7.46. The third-order valence-corrected chi connectivity index (χ3v) is 5.10. The molecule has 0 bridgehead atoms. The summed E-state index contributed by atoms with van der Waals surface area (Å²) < 4.78 is 5.38. The number of rotatable bonds is 4. The monoisotopic (exact) mass is 392 g/mol. The Bertz CT molecular complexity index is 1100. The molecule has 1 aliphatic rings. The molecule has 1 amide bonds. The second-order valence-electron chi connectivity index (χ2n) is 7.46. The summed E-state index contributed by atoms with van der Waals surface area (Å²) >= 11 is 0. The summed E-state index contributed by atoms with van der Waals surface area (Å²) in [7, 11) is 0. The van der Waals surface area contributed by atoms with Gasteiger partial charge in [0, 0.05) is 47.5 Å². The van der Waals surface area contributed by atoms with Crippen LogP contribution < -0.4 is 15.8 Å². The van der Waals surface area contributed by atoms with E-state index in [1.165, 1.54) is 0 Å². The van der Waals surface area contributed by atoms with Crippen LogP contribution in [0.3, 0.4) is 0 Å². The first-order chi connectivity index (χ1) is 14.0. The quantitative estimate of drug-likeness (QED) is 0.712. The highest BCUT2D eigenvalue weighted by molar-refractivity contribution is 6.05. The molecule has 0 saturated carbocycles. The number of aromatic amines is 1. The molecule has 1 fully saturated rings. The van der Waals surface area contributed by atoms with Crippen LogP contribution in [0.1, 0.15) is 35.7 Å². The lowest BCUT2D eigenvalue weighted by Gasteiger charge is -2.27. The number of anilines is 2. The summed E-state index contributed by atoms with van der Waals surface area (Å²) in [6.45, 7) is 6.94. The average Bonchev–Trinajstić information content (AvgIpc) is 2.74. The summed E-state index contributed by atoms with van der Waals surface area (Å²) in [6, 6.07) is 10.7. The molecule has 0 spiro atoms. The zero-order valence-corrected chi connectivity index (χ0v) is 16.6. The van der Waals surface area contributed by atoms with Gasteiger partial charge in [-0.25, -0.2) is 4.98 Å². The Morgan fingerprint density at radius 1 is 1.17 bits per heavy atom. The van der Waals surface area contributed by atoms with Gasteiger partial charge in [-0.2, -0.15) is 0 Å². The van der Waals surface area contributed by atoms with Crippen LogP contribution in [0.5, 0.6) is 0 Å². The highest BCUT2D eigenvalue weighted by Crippen LogP contribution is 2.26. The molecule has 1 aromatic carbocycles. The molecule has 4 rings (SSSR count). The Labute approximate surface area is 168 Å². The average molecular weight is 392 g/mol. The molecule has 7 heteroatoms. The lowest BCUT2D eigenvalue weighted by Crippen LogP contribution is -2.36. The third kappa shape index (κ3) is 4.14. The van der Waals surface area contributed by atoms with Gasteiger partial charge in [-0.3, -0.25) is 9.59 Å². The number of nitrogens with zero attached hydrogens (tertiary/aromatic N) is 2. The molecule has 3 heterocycles. The van der Waals surface area contributed by atoms with Crippen LogP contribution in [0.25, 0.3) is 10.9 Å². The lowest BCUT2D eigenvalue weighted by atomic mass is 9.98. The van der Waals surface area contributed by atoms with Crippen molar-refractivity contribution >= 4 is 28.3 Å². The van der Waals surface area contributed by atoms with Crippen molar-refractivity contribution in [2.75, 3.05) is 36.5 Å². The molecule has 0 unspecified atom stereocenters. The maximum Gasteiger partial charge on any atom is 0.255 e. The minimum atomic E-state index is -0.197. The molecule has 7 nitrogen and oxygen atoms in total. The van der Waals surface area contributed by atoms with E-state index in [4.69, 9.17) is 4.74 Å². The third-order valence-electron chi connectivity index (χ3n) is 5.10. The molecule has 150 valence electrons. The van der Waals surface area contributed by atoms with Crippen molar-refractivity contribution in [3.63, 3.8) is 0 Å². The van der Waals surface area contributed by atoms with Crippen molar-refractivity contribution < 1.29 is 9.53 Å². The van der Waals surface area contributed by atoms with Gasteiger partial charge in [0.25, 0.3) is 5.91 Å². The number of amides is 1. The molecular formula is C22H24N4O3. The van der Waals surface area contributed by atoms with Gasteiger partial charge in [0.2, 0.25) is 5.56 Å². The maximum atomic E-state index is 12.8.